The zero-order valence-electron chi connectivity index (χ0n) is 11.8. The van der Waals surface area contributed by atoms with Gasteiger partial charge in [-0.3, -0.25) is 4.79 Å². The zero-order chi connectivity index (χ0) is 15.0. The van der Waals surface area contributed by atoms with Crippen molar-refractivity contribution in [2.45, 2.75) is 43.9 Å². The number of nitrogens with zero attached hydrogens (tertiary/aromatic N) is 2. The highest BCUT2D eigenvalue weighted by Gasteiger charge is 2.30. The van der Waals surface area contributed by atoms with Gasteiger partial charge in [-0.05, 0) is 25.7 Å². The van der Waals surface area contributed by atoms with Gasteiger partial charge in [-0.15, -0.1) is 0 Å². The Bertz CT molecular complexity index is 529. The molecule has 0 aromatic carbocycles. The Labute approximate surface area is 127 Å². The van der Waals surface area contributed by atoms with Gasteiger partial charge >= 0.3 is 0 Å². The lowest BCUT2D eigenvalue weighted by Gasteiger charge is -2.31. The summed E-state index contributed by atoms with van der Waals surface area (Å²) in [6, 6.07) is 0.193. The molecule has 1 saturated heterocycles. The molecule has 3 rings (SSSR count). The number of aromatic nitrogens is 1. The molecule has 1 saturated carbocycles. The van der Waals surface area contributed by atoms with Crippen molar-refractivity contribution in [3.63, 3.8) is 0 Å². The highest BCUT2D eigenvalue weighted by Crippen LogP contribution is 2.30. The van der Waals surface area contributed by atoms with Gasteiger partial charge in [0.1, 0.15) is 10.7 Å². The van der Waals surface area contributed by atoms with Crippen LogP contribution in [0.15, 0.2) is 0 Å². The van der Waals surface area contributed by atoms with Crippen LogP contribution in [-0.2, 0) is 0 Å². The molecule has 1 aliphatic carbocycles. The number of nitrogens with one attached hydrogen (secondary N) is 1. The minimum Gasteiger partial charge on any atom is -0.393 e. The number of carbonyl (C=O) groups is 1. The summed E-state index contributed by atoms with van der Waals surface area (Å²) in [6.07, 6.45) is 2.98. The maximum absolute atomic E-state index is 12.2. The fourth-order valence-corrected chi connectivity index (χ4v) is 3.68. The first-order valence-corrected chi connectivity index (χ1v) is 8.10. The number of hydrogen-bond donors (Lipinski definition) is 4. The quantitative estimate of drug-likeness (QED) is 0.619. The molecule has 1 aromatic heterocycles. The van der Waals surface area contributed by atoms with Crippen molar-refractivity contribution in [2.75, 3.05) is 23.7 Å². The highest BCUT2D eigenvalue weighted by atomic mass is 32.1. The van der Waals surface area contributed by atoms with Gasteiger partial charge in [-0.25, -0.2) is 4.98 Å². The lowest BCUT2D eigenvalue weighted by Crippen LogP contribution is -2.46. The van der Waals surface area contributed by atoms with Gasteiger partial charge in [0.2, 0.25) is 0 Å². The van der Waals surface area contributed by atoms with Crippen LogP contribution in [0.3, 0.4) is 0 Å². The van der Waals surface area contributed by atoms with Crippen LogP contribution in [0.1, 0.15) is 35.4 Å². The summed E-state index contributed by atoms with van der Waals surface area (Å²) in [7, 11) is 0. The van der Waals surface area contributed by atoms with Crippen LogP contribution in [-0.4, -0.2) is 47.3 Å². The molecule has 2 aliphatic rings. The van der Waals surface area contributed by atoms with E-state index in [2.05, 4.69) is 15.2 Å². The van der Waals surface area contributed by atoms with E-state index in [0.29, 0.717) is 17.7 Å². The molecule has 1 atom stereocenters. The summed E-state index contributed by atoms with van der Waals surface area (Å²) in [6.45, 7) is 1.65. The van der Waals surface area contributed by atoms with Gasteiger partial charge in [-0.2, -0.15) is 0 Å². The third kappa shape index (κ3) is 3.12. The fourth-order valence-electron chi connectivity index (χ4n) is 2.76. The lowest BCUT2D eigenvalue weighted by atomic mass is 9.89. The predicted octanol–water partition coefficient (Wildman–Crippen LogP) is -0.0941. The van der Waals surface area contributed by atoms with Crippen molar-refractivity contribution in [1.82, 2.24) is 10.3 Å². The average molecular weight is 311 g/mol. The van der Waals surface area contributed by atoms with Crippen LogP contribution in [0.4, 0.5) is 10.9 Å². The number of anilines is 2. The predicted molar refractivity (Wildman–Crippen MR) is 82.4 cm³/mol. The largest absolute Gasteiger partial charge is 0.393 e. The van der Waals surface area contributed by atoms with Gasteiger partial charge in [0, 0.05) is 25.2 Å². The summed E-state index contributed by atoms with van der Waals surface area (Å²) in [5.41, 5.74) is 11.8. The third-order valence-electron chi connectivity index (χ3n) is 4.03. The van der Waals surface area contributed by atoms with Gasteiger partial charge in [0.05, 0.1) is 6.10 Å². The maximum Gasteiger partial charge on any atom is 0.265 e. The first-order valence-electron chi connectivity index (χ1n) is 7.28. The third-order valence-corrected chi connectivity index (χ3v) is 5.16. The number of amides is 1. The van der Waals surface area contributed by atoms with Crippen LogP contribution in [0.5, 0.6) is 0 Å². The number of thiazole rings is 1. The van der Waals surface area contributed by atoms with E-state index < -0.39 is 0 Å². The number of nitrogens with two attached hydrogens (primary N) is 2. The summed E-state index contributed by atoms with van der Waals surface area (Å²) < 4.78 is 0. The number of nitrogen functional groups attached to an aromatic ring is 1. The zero-order valence-corrected chi connectivity index (χ0v) is 12.6. The summed E-state index contributed by atoms with van der Waals surface area (Å²) in [5.74, 6) is 0.0703. The first kappa shape index (κ1) is 14.6. The Balaban J connectivity index is 1.67. The smallest absolute Gasteiger partial charge is 0.265 e. The summed E-state index contributed by atoms with van der Waals surface area (Å²) >= 11 is 1.31. The Morgan fingerprint density at radius 3 is 2.90 bits per heavy atom. The topological polar surface area (TPSA) is 118 Å². The summed E-state index contributed by atoms with van der Waals surface area (Å²) in [5, 5.41) is 12.9. The second kappa shape index (κ2) is 5.78. The molecule has 6 N–H and O–H groups in total. The number of aliphatic hydroxyl groups is 1. The molecule has 2 heterocycles. The monoisotopic (exact) mass is 311 g/mol. The van der Waals surface area contributed by atoms with Crippen LogP contribution >= 0.6 is 11.3 Å². The first-order chi connectivity index (χ1) is 10.0. The van der Waals surface area contributed by atoms with Crippen LogP contribution < -0.4 is 21.7 Å². The minimum atomic E-state index is -0.292. The number of carbonyl (C=O) groups excluding carboxylic acids is 1. The Hall–Kier alpha value is -1.38. The van der Waals surface area contributed by atoms with Crippen molar-refractivity contribution in [1.29, 1.82) is 0 Å². The van der Waals surface area contributed by atoms with E-state index in [1.807, 2.05) is 0 Å². The molecule has 1 amide bonds. The van der Waals surface area contributed by atoms with E-state index in [9.17, 15) is 9.90 Å². The minimum absolute atomic E-state index is 0.0425. The fraction of sp³-hybridized carbons (Fsp3) is 0.692. The van der Waals surface area contributed by atoms with Crippen LogP contribution in [0, 0.1) is 0 Å². The van der Waals surface area contributed by atoms with Gasteiger partial charge < -0.3 is 26.8 Å². The molecule has 21 heavy (non-hydrogen) atoms. The average Bonchev–Trinajstić information content (AvgIpc) is 2.79. The van der Waals surface area contributed by atoms with Gasteiger partial charge in [-0.1, -0.05) is 11.3 Å². The molecule has 7 nitrogen and oxygen atoms in total. The molecule has 0 spiro atoms. The number of aliphatic hydroxyl groups excluding tert-OH is 1. The number of piperidine rings is 1. The molecular weight excluding hydrogens is 290 g/mol. The van der Waals surface area contributed by atoms with E-state index >= 15 is 0 Å². The number of hydrogen-bond acceptors (Lipinski definition) is 7. The van der Waals surface area contributed by atoms with Gasteiger partial charge in [0.25, 0.3) is 5.91 Å². The van der Waals surface area contributed by atoms with Crippen molar-refractivity contribution in [3.05, 3.63) is 4.88 Å². The van der Waals surface area contributed by atoms with Crippen molar-refractivity contribution >= 4 is 28.2 Å². The molecule has 8 heteroatoms. The molecule has 0 bridgehead atoms. The second-order valence-corrected chi connectivity index (χ2v) is 6.83. The Morgan fingerprint density at radius 2 is 2.24 bits per heavy atom. The normalized spacial score (nSPS) is 29.0. The molecule has 1 aliphatic heterocycles. The Kier molecular flexibility index (Phi) is 4.01. The highest BCUT2D eigenvalue weighted by molar-refractivity contribution is 7.18. The number of rotatable bonds is 3. The maximum atomic E-state index is 12.2. The van der Waals surface area contributed by atoms with Gasteiger partial charge in [0.15, 0.2) is 5.13 Å². The molecule has 1 unspecified atom stereocenters. The van der Waals surface area contributed by atoms with Crippen molar-refractivity contribution in [2.24, 2.45) is 5.73 Å². The standard InChI is InChI=1S/C13H21N5O2S/c14-7-2-1-3-18(6-7)13-17-11(15)10(21-13)12(20)16-8-4-9(19)5-8/h7-9,19H,1-6,14-15H2,(H,16,20). The summed E-state index contributed by atoms with van der Waals surface area (Å²) in [4.78, 5) is 19.0. The SMILES string of the molecule is Nc1nc(N2CCCC(N)C2)sc1C(=O)NC1CC(O)C1. The van der Waals surface area contributed by atoms with E-state index in [4.69, 9.17) is 11.5 Å². The van der Waals surface area contributed by atoms with Crippen molar-refractivity contribution < 1.29 is 9.90 Å². The van der Waals surface area contributed by atoms with E-state index in [1.54, 1.807) is 0 Å². The van der Waals surface area contributed by atoms with E-state index in [1.165, 1.54) is 11.3 Å². The molecule has 1 aromatic rings. The molecule has 2 fully saturated rings. The Morgan fingerprint density at radius 1 is 1.48 bits per heavy atom. The molecule has 116 valence electrons. The molecular formula is C13H21N5O2S. The second-order valence-electron chi connectivity index (χ2n) is 5.85. The lowest BCUT2D eigenvalue weighted by molar-refractivity contribution is 0.0565. The molecule has 0 radical (unpaired) electrons. The van der Waals surface area contributed by atoms with Crippen LogP contribution in [0.2, 0.25) is 0 Å². The van der Waals surface area contributed by atoms with Crippen molar-refractivity contribution in [3.8, 4) is 0 Å². The van der Waals surface area contributed by atoms with E-state index in [-0.39, 0.29) is 29.9 Å². The van der Waals surface area contributed by atoms with E-state index in [0.717, 1.165) is 31.1 Å². The van der Waals surface area contributed by atoms with Crippen LogP contribution in [0.25, 0.3) is 0 Å².